The van der Waals surface area contributed by atoms with Crippen LogP contribution in [0.4, 0.5) is 5.82 Å². The number of amides is 2. The molecule has 4 heterocycles. The summed E-state index contributed by atoms with van der Waals surface area (Å²) >= 11 is 0. The van der Waals surface area contributed by atoms with Crippen molar-refractivity contribution in [1.29, 1.82) is 0 Å². The van der Waals surface area contributed by atoms with E-state index in [0.29, 0.717) is 23.5 Å². The van der Waals surface area contributed by atoms with Crippen LogP contribution in [0.1, 0.15) is 49.9 Å². The van der Waals surface area contributed by atoms with Gasteiger partial charge in [0.1, 0.15) is 5.82 Å². The maximum atomic E-state index is 13.2. The molecule has 5 rings (SSSR count). The number of rotatable bonds is 6. The lowest BCUT2D eigenvalue weighted by Crippen LogP contribution is -2.55. The number of ether oxygens (including phenoxy) is 1. The molecule has 2 aromatic heterocycles. The van der Waals surface area contributed by atoms with Crippen LogP contribution in [0.15, 0.2) is 54.7 Å². The van der Waals surface area contributed by atoms with Gasteiger partial charge in [0.2, 0.25) is 11.8 Å². The van der Waals surface area contributed by atoms with Crippen molar-refractivity contribution in [2.75, 3.05) is 4.90 Å². The molecule has 1 unspecified atom stereocenters. The summed E-state index contributed by atoms with van der Waals surface area (Å²) in [6, 6.07) is 15.8. The normalized spacial score (nSPS) is 21.9. The van der Waals surface area contributed by atoms with E-state index in [2.05, 4.69) is 20.2 Å². The van der Waals surface area contributed by atoms with E-state index in [0.717, 1.165) is 42.4 Å². The number of para-hydroxylation sites is 1. The molecular formula is C26H29N5O3. The van der Waals surface area contributed by atoms with E-state index < -0.39 is 11.5 Å². The van der Waals surface area contributed by atoms with Crippen molar-refractivity contribution in [3.63, 3.8) is 0 Å². The topological polar surface area (TPSA) is 110 Å². The summed E-state index contributed by atoms with van der Waals surface area (Å²) in [5.74, 6) is 0.656. The molecule has 0 aliphatic carbocycles. The van der Waals surface area contributed by atoms with Gasteiger partial charge in [-0.25, -0.2) is 9.97 Å². The van der Waals surface area contributed by atoms with Gasteiger partial charge in [-0.15, -0.1) is 0 Å². The molecule has 3 N–H and O–H groups in total. The second-order valence-electron chi connectivity index (χ2n) is 9.66. The van der Waals surface area contributed by atoms with Crippen molar-refractivity contribution in [2.45, 2.75) is 63.3 Å². The number of nitrogens with one attached hydrogen (secondary N) is 1. The van der Waals surface area contributed by atoms with Crippen LogP contribution in [-0.4, -0.2) is 45.5 Å². The second-order valence-corrected chi connectivity index (χ2v) is 9.66. The van der Waals surface area contributed by atoms with Crippen molar-refractivity contribution in [3.05, 3.63) is 60.3 Å². The predicted molar refractivity (Wildman–Crippen MR) is 130 cm³/mol. The van der Waals surface area contributed by atoms with Crippen molar-refractivity contribution in [1.82, 2.24) is 15.3 Å². The zero-order chi connectivity index (χ0) is 23.9. The fourth-order valence-corrected chi connectivity index (χ4v) is 5.12. The molecule has 0 saturated carbocycles. The highest BCUT2D eigenvalue weighted by atomic mass is 16.5. The van der Waals surface area contributed by atoms with Gasteiger partial charge in [0, 0.05) is 35.8 Å². The first-order chi connectivity index (χ1) is 16.3. The first kappa shape index (κ1) is 22.1. The Labute approximate surface area is 198 Å². The van der Waals surface area contributed by atoms with Crippen LogP contribution >= 0.6 is 0 Å². The molecule has 0 spiro atoms. The maximum absolute atomic E-state index is 13.2. The van der Waals surface area contributed by atoms with E-state index in [4.69, 9.17) is 10.5 Å². The minimum Gasteiger partial charge on any atom is -0.462 e. The fourth-order valence-electron chi connectivity index (χ4n) is 5.12. The zero-order valence-corrected chi connectivity index (χ0v) is 19.4. The molecule has 2 amide bonds. The standard InChI is InChI=1S/C26H29N5O3/c1-26(2,34-23-12-8-16-5-3-4-6-21(16)30-23)25(33)29-18-13-19-9-10-20(14-18)31(19)22-11-7-17(15-28-22)24(27)32/h3-8,11-12,15,18-20H,9-10,13-14H2,1-2H3,(H2,27,32)(H,29,33)/t18?,19-,20+. The van der Waals surface area contributed by atoms with Crippen LogP contribution in [-0.2, 0) is 4.79 Å². The van der Waals surface area contributed by atoms with E-state index in [1.54, 1.807) is 26.0 Å². The lowest BCUT2D eigenvalue weighted by Gasteiger charge is -2.40. The van der Waals surface area contributed by atoms with Crippen LogP contribution < -0.4 is 20.7 Å². The molecule has 3 aromatic rings. The summed E-state index contributed by atoms with van der Waals surface area (Å²) in [4.78, 5) is 35.8. The summed E-state index contributed by atoms with van der Waals surface area (Å²) in [6.07, 6.45) is 5.32. The molecule has 1 aromatic carbocycles. The predicted octanol–water partition coefficient (Wildman–Crippen LogP) is 3.20. The SMILES string of the molecule is CC(C)(Oc1ccc2ccccc2n1)C(=O)NC1C[C@H]2CC[C@@H](C1)N2c1ccc(C(N)=O)cn1. The van der Waals surface area contributed by atoms with Crippen LogP contribution in [0.2, 0.25) is 0 Å². The molecule has 2 bridgehead atoms. The number of benzene rings is 1. The van der Waals surface area contributed by atoms with Crippen molar-refractivity contribution >= 4 is 28.5 Å². The van der Waals surface area contributed by atoms with Gasteiger partial charge in [-0.05, 0) is 63.8 Å². The number of nitrogens with zero attached hydrogens (tertiary/aromatic N) is 3. The van der Waals surface area contributed by atoms with Gasteiger partial charge in [0.25, 0.3) is 5.91 Å². The number of aromatic nitrogens is 2. The highest BCUT2D eigenvalue weighted by Gasteiger charge is 2.43. The van der Waals surface area contributed by atoms with Crippen LogP contribution in [0.5, 0.6) is 5.88 Å². The van der Waals surface area contributed by atoms with Gasteiger partial charge in [0.05, 0.1) is 11.1 Å². The third-order valence-corrected chi connectivity index (χ3v) is 6.84. The lowest BCUT2D eigenvalue weighted by atomic mass is 9.96. The first-order valence-corrected chi connectivity index (χ1v) is 11.7. The highest BCUT2D eigenvalue weighted by molar-refractivity contribution is 5.92. The van der Waals surface area contributed by atoms with Gasteiger partial charge < -0.3 is 20.7 Å². The Morgan fingerprint density at radius 1 is 1.06 bits per heavy atom. The highest BCUT2D eigenvalue weighted by Crippen LogP contribution is 2.38. The van der Waals surface area contributed by atoms with E-state index >= 15 is 0 Å². The number of pyridine rings is 2. The number of hydrogen-bond acceptors (Lipinski definition) is 6. The molecule has 3 atom stereocenters. The number of fused-ring (bicyclic) bond motifs is 3. The largest absolute Gasteiger partial charge is 0.462 e. The van der Waals surface area contributed by atoms with Gasteiger partial charge in [-0.3, -0.25) is 9.59 Å². The summed E-state index contributed by atoms with van der Waals surface area (Å²) < 4.78 is 6.02. The smallest absolute Gasteiger partial charge is 0.263 e. The van der Waals surface area contributed by atoms with Gasteiger partial charge >= 0.3 is 0 Å². The maximum Gasteiger partial charge on any atom is 0.263 e. The third-order valence-electron chi connectivity index (χ3n) is 6.84. The fraction of sp³-hybridized carbons (Fsp3) is 0.385. The van der Waals surface area contributed by atoms with E-state index in [9.17, 15) is 9.59 Å². The Bertz CT molecular complexity index is 1210. The average Bonchev–Trinajstić information content (AvgIpc) is 3.08. The van der Waals surface area contributed by atoms with E-state index in [1.165, 1.54) is 6.20 Å². The summed E-state index contributed by atoms with van der Waals surface area (Å²) in [5.41, 5.74) is 5.51. The van der Waals surface area contributed by atoms with Crippen LogP contribution in [0.3, 0.4) is 0 Å². The minimum atomic E-state index is -1.06. The first-order valence-electron chi connectivity index (χ1n) is 11.7. The molecule has 2 saturated heterocycles. The Kier molecular flexibility index (Phi) is 5.59. The minimum absolute atomic E-state index is 0.0681. The number of primary amides is 1. The molecule has 2 aliphatic rings. The number of carbonyl (C=O) groups is 2. The summed E-state index contributed by atoms with van der Waals surface area (Å²) in [6.45, 7) is 3.54. The van der Waals surface area contributed by atoms with Crippen LogP contribution in [0, 0.1) is 0 Å². The molecule has 176 valence electrons. The molecular weight excluding hydrogens is 430 g/mol. The van der Waals surface area contributed by atoms with Gasteiger partial charge in [-0.1, -0.05) is 18.2 Å². The Hall–Kier alpha value is -3.68. The van der Waals surface area contributed by atoms with Crippen molar-refractivity contribution in [3.8, 4) is 5.88 Å². The lowest BCUT2D eigenvalue weighted by molar-refractivity contribution is -0.135. The Morgan fingerprint density at radius 3 is 2.47 bits per heavy atom. The van der Waals surface area contributed by atoms with E-state index in [-0.39, 0.29) is 11.9 Å². The number of anilines is 1. The summed E-state index contributed by atoms with van der Waals surface area (Å²) in [5, 5.41) is 4.24. The quantitative estimate of drug-likeness (QED) is 0.586. The van der Waals surface area contributed by atoms with Gasteiger partial charge in [0.15, 0.2) is 5.60 Å². The molecule has 0 radical (unpaired) electrons. The summed E-state index contributed by atoms with van der Waals surface area (Å²) in [7, 11) is 0. The number of piperidine rings is 1. The average molecular weight is 460 g/mol. The molecule has 8 nitrogen and oxygen atoms in total. The number of hydrogen-bond donors (Lipinski definition) is 2. The second kappa shape index (κ2) is 8.59. The van der Waals surface area contributed by atoms with Crippen LogP contribution in [0.25, 0.3) is 10.9 Å². The monoisotopic (exact) mass is 459 g/mol. The molecule has 2 fully saturated rings. The van der Waals surface area contributed by atoms with Crippen molar-refractivity contribution < 1.29 is 14.3 Å². The third kappa shape index (κ3) is 4.27. The Morgan fingerprint density at radius 2 is 1.79 bits per heavy atom. The Balaban J connectivity index is 1.23. The molecule has 34 heavy (non-hydrogen) atoms. The number of nitrogens with two attached hydrogens (primary N) is 1. The molecule has 8 heteroatoms. The number of carbonyl (C=O) groups excluding carboxylic acids is 2. The van der Waals surface area contributed by atoms with E-state index in [1.807, 2.05) is 36.4 Å². The van der Waals surface area contributed by atoms with Crippen molar-refractivity contribution in [2.24, 2.45) is 5.73 Å². The molecule has 2 aliphatic heterocycles. The van der Waals surface area contributed by atoms with Gasteiger partial charge in [-0.2, -0.15) is 0 Å². The zero-order valence-electron chi connectivity index (χ0n) is 19.4.